The van der Waals surface area contributed by atoms with Crippen LogP contribution in [0.1, 0.15) is 36.1 Å². The van der Waals surface area contributed by atoms with Crippen molar-refractivity contribution in [2.75, 3.05) is 20.8 Å². The Hall–Kier alpha value is -2.53. The molecule has 2 aliphatic rings. The first kappa shape index (κ1) is 16.9. The number of carbonyl (C=O) groups is 1. The summed E-state index contributed by atoms with van der Waals surface area (Å²) < 4.78 is 10.9. The zero-order valence-corrected chi connectivity index (χ0v) is 15.5. The smallest absolute Gasteiger partial charge is 0.235 e. The van der Waals surface area contributed by atoms with Gasteiger partial charge in [0.15, 0.2) is 17.2 Å². The van der Waals surface area contributed by atoms with Crippen LogP contribution < -0.4 is 9.47 Å². The van der Waals surface area contributed by atoms with Gasteiger partial charge in [-0.25, -0.2) is 0 Å². The molecular formula is C21H23NO4. The number of ether oxygens (including phenoxy) is 2. The minimum absolute atomic E-state index is 0.0702. The van der Waals surface area contributed by atoms with Gasteiger partial charge in [-0.2, -0.15) is 0 Å². The van der Waals surface area contributed by atoms with Gasteiger partial charge in [0.25, 0.3) is 0 Å². The van der Waals surface area contributed by atoms with Gasteiger partial charge in [0, 0.05) is 17.7 Å². The molecule has 5 heteroatoms. The zero-order chi connectivity index (χ0) is 18.7. The molecule has 0 fully saturated rings. The number of hydrogen-bond acceptors (Lipinski definition) is 4. The molecule has 0 radical (unpaired) electrons. The van der Waals surface area contributed by atoms with Crippen LogP contribution in [-0.4, -0.2) is 36.7 Å². The van der Waals surface area contributed by atoms with Crippen molar-refractivity contribution in [2.45, 2.75) is 31.4 Å². The lowest BCUT2D eigenvalue weighted by Crippen LogP contribution is -2.62. The summed E-state index contributed by atoms with van der Waals surface area (Å²) in [5, 5.41) is 11.9. The minimum atomic E-state index is -1.50. The van der Waals surface area contributed by atoms with Crippen molar-refractivity contribution in [3.05, 3.63) is 58.7 Å². The van der Waals surface area contributed by atoms with Crippen LogP contribution in [0.3, 0.4) is 0 Å². The molecule has 1 N–H and O–H groups in total. The first-order valence-electron chi connectivity index (χ1n) is 8.75. The van der Waals surface area contributed by atoms with Crippen molar-refractivity contribution in [1.29, 1.82) is 0 Å². The summed E-state index contributed by atoms with van der Waals surface area (Å²) in [6.07, 6.45) is 0.655. The molecule has 2 heterocycles. The molecule has 2 aromatic rings. The van der Waals surface area contributed by atoms with Crippen LogP contribution in [0.25, 0.3) is 0 Å². The van der Waals surface area contributed by atoms with Gasteiger partial charge >= 0.3 is 0 Å². The molecule has 0 bridgehead atoms. The van der Waals surface area contributed by atoms with Crippen LogP contribution in [-0.2, 0) is 22.4 Å². The van der Waals surface area contributed by atoms with Crippen molar-refractivity contribution >= 4 is 5.91 Å². The van der Waals surface area contributed by atoms with Crippen molar-refractivity contribution in [2.24, 2.45) is 0 Å². The zero-order valence-electron chi connectivity index (χ0n) is 15.5. The lowest BCUT2D eigenvalue weighted by atomic mass is 9.70. The molecule has 0 saturated heterocycles. The van der Waals surface area contributed by atoms with E-state index in [-0.39, 0.29) is 5.91 Å². The number of amides is 1. The van der Waals surface area contributed by atoms with Crippen molar-refractivity contribution in [1.82, 2.24) is 4.90 Å². The monoisotopic (exact) mass is 353 g/mol. The first-order chi connectivity index (χ1) is 12.4. The Kier molecular flexibility index (Phi) is 3.57. The second kappa shape index (κ2) is 5.48. The summed E-state index contributed by atoms with van der Waals surface area (Å²) in [6.45, 7) is 4.28. The number of fused-ring (bicyclic) bond motifs is 5. The van der Waals surface area contributed by atoms with E-state index in [1.165, 1.54) is 0 Å². The van der Waals surface area contributed by atoms with Crippen LogP contribution in [0.2, 0.25) is 0 Å². The van der Waals surface area contributed by atoms with Gasteiger partial charge < -0.3 is 19.5 Å². The van der Waals surface area contributed by atoms with E-state index in [1.54, 1.807) is 25.2 Å². The van der Waals surface area contributed by atoms with Gasteiger partial charge in [-0.05, 0) is 43.5 Å². The summed E-state index contributed by atoms with van der Waals surface area (Å²) in [6, 6.07) is 11.3. The van der Waals surface area contributed by atoms with Gasteiger partial charge in [0.2, 0.25) is 5.91 Å². The molecule has 2 aromatic carbocycles. The highest BCUT2D eigenvalue weighted by Gasteiger charge is 2.55. The van der Waals surface area contributed by atoms with Crippen molar-refractivity contribution < 1.29 is 19.4 Å². The predicted octanol–water partition coefficient (Wildman–Crippen LogP) is 2.57. The van der Waals surface area contributed by atoms with E-state index in [0.29, 0.717) is 30.0 Å². The van der Waals surface area contributed by atoms with Gasteiger partial charge in [0.05, 0.1) is 19.6 Å². The van der Waals surface area contributed by atoms with Crippen LogP contribution in [0.5, 0.6) is 11.5 Å². The molecule has 5 nitrogen and oxygen atoms in total. The Bertz CT molecular complexity index is 905. The fraction of sp³-hybridized carbons (Fsp3) is 0.381. The van der Waals surface area contributed by atoms with Crippen LogP contribution >= 0.6 is 0 Å². The molecule has 1 atom stereocenters. The van der Waals surface area contributed by atoms with Crippen LogP contribution in [0.4, 0.5) is 0 Å². The second-order valence-corrected chi connectivity index (χ2v) is 7.41. The first-order valence-corrected chi connectivity index (χ1v) is 8.75. The van der Waals surface area contributed by atoms with E-state index in [0.717, 1.165) is 16.7 Å². The topological polar surface area (TPSA) is 59.0 Å². The van der Waals surface area contributed by atoms with E-state index in [4.69, 9.17) is 9.47 Å². The van der Waals surface area contributed by atoms with E-state index >= 15 is 0 Å². The maximum atomic E-state index is 13.2. The molecular weight excluding hydrogens is 330 g/mol. The second-order valence-electron chi connectivity index (χ2n) is 7.41. The number of carbonyl (C=O) groups excluding carboxylic acids is 1. The predicted molar refractivity (Wildman–Crippen MR) is 97.4 cm³/mol. The summed E-state index contributed by atoms with van der Waals surface area (Å²) in [7, 11) is 3.16. The molecule has 1 unspecified atom stereocenters. The standard InChI is InChI=1S/C21H23NO4/c1-20(2)14-7-5-6-8-15(14)21(24)16-12-18(26-4)17(25-3)11-13(16)9-10-22(21)19(20)23/h5-8,11-12,24H,9-10H2,1-4H3. The molecule has 1 amide bonds. The fourth-order valence-corrected chi connectivity index (χ4v) is 4.32. The Labute approximate surface area is 153 Å². The summed E-state index contributed by atoms with van der Waals surface area (Å²) in [5.74, 6) is 1.09. The van der Waals surface area contributed by atoms with Gasteiger partial charge in [-0.1, -0.05) is 24.3 Å². The molecule has 0 aliphatic carbocycles. The Morgan fingerprint density at radius 2 is 1.62 bits per heavy atom. The number of hydrogen-bond donors (Lipinski definition) is 1. The number of rotatable bonds is 2. The number of nitrogens with zero attached hydrogens (tertiary/aromatic N) is 1. The SMILES string of the molecule is COc1cc2c(cc1OC)C1(O)c3ccccc3C(C)(C)C(=O)N1CC2. The maximum Gasteiger partial charge on any atom is 0.235 e. The normalized spacial score (nSPS) is 23.0. The number of methoxy groups -OCH3 is 2. The quantitative estimate of drug-likeness (QED) is 0.902. The number of benzene rings is 2. The Morgan fingerprint density at radius 1 is 1.00 bits per heavy atom. The lowest BCUT2D eigenvalue weighted by molar-refractivity contribution is -0.165. The largest absolute Gasteiger partial charge is 0.493 e. The molecule has 0 aromatic heterocycles. The third kappa shape index (κ3) is 1.98. The fourth-order valence-electron chi connectivity index (χ4n) is 4.32. The Balaban J connectivity index is 2.04. The molecule has 0 saturated carbocycles. The highest BCUT2D eigenvalue weighted by atomic mass is 16.5. The molecule has 4 rings (SSSR count). The lowest BCUT2D eigenvalue weighted by Gasteiger charge is -2.52. The highest BCUT2D eigenvalue weighted by molar-refractivity contribution is 5.91. The van der Waals surface area contributed by atoms with Crippen LogP contribution in [0, 0.1) is 0 Å². The number of aliphatic hydroxyl groups is 1. The molecule has 136 valence electrons. The third-order valence-corrected chi connectivity index (χ3v) is 5.74. The summed E-state index contributed by atoms with van der Waals surface area (Å²) in [4.78, 5) is 14.8. The van der Waals surface area contributed by atoms with Crippen molar-refractivity contribution in [3.8, 4) is 11.5 Å². The average molecular weight is 353 g/mol. The molecule has 26 heavy (non-hydrogen) atoms. The van der Waals surface area contributed by atoms with E-state index in [1.807, 2.05) is 44.2 Å². The summed E-state index contributed by atoms with van der Waals surface area (Å²) >= 11 is 0. The third-order valence-electron chi connectivity index (χ3n) is 5.74. The van der Waals surface area contributed by atoms with E-state index in [9.17, 15) is 9.90 Å². The minimum Gasteiger partial charge on any atom is -0.493 e. The van der Waals surface area contributed by atoms with E-state index < -0.39 is 11.1 Å². The van der Waals surface area contributed by atoms with Gasteiger partial charge in [0.1, 0.15) is 0 Å². The highest BCUT2D eigenvalue weighted by Crippen LogP contribution is 2.50. The van der Waals surface area contributed by atoms with Gasteiger partial charge in [-0.3, -0.25) is 4.79 Å². The maximum absolute atomic E-state index is 13.2. The molecule has 0 spiro atoms. The van der Waals surface area contributed by atoms with Crippen LogP contribution in [0.15, 0.2) is 36.4 Å². The van der Waals surface area contributed by atoms with Crippen molar-refractivity contribution in [3.63, 3.8) is 0 Å². The van der Waals surface area contributed by atoms with Gasteiger partial charge in [-0.15, -0.1) is 0 Å². The Morgan fingerprint density at radius 3 is 2.27 bits per heavy atom. The average Bonchev–Trinajstić information content (AvgIpc) is 2.66. The van der Waals surface area contributed by atoms with E-state index in [2.05, 4.69) is 0 Å². The summed E-state index contributed by atoms with van der Waals surface area (Å²) in [5.41, 5.74) is 1.05. The molecule has 2 aliphatic heterocycles.